The summed E-state index contributed by atoms with van der Waals surface area (Å²) in [7, 11) is 0. The molecule has 4 nitrogen and oxygen atoms in total. The lowest BCUT2D eigenvalue weighted by molar-refractivity contribution is -0.137. The van der Waals surface area contributed by atoms with Crippen LogP contribution in [0.4, 0.5) is 10.1 Å². The van der Waals surface area contributed by atoms with Crippen molar-refractivity contribution in [1.82, 2.24) is 9.80 Å². The van der Waals surface area contributed by atoms with Gasteiger partial charge in [0.2, 0.25) is 5.91 Å². The largest absolute Gasteiger partial charge is 0.368 e. The fourth-order valence-electron chi connectivity index (χ4n) is 4.66. The lowest BCUT2D eigenvalue weighted by Gasteiger charge is -2.40. The first-order chi connectivity index (χ1) is 14.9. The first kappa shape index (κ1) is 22.4. The summed E-state index contributed by atoms with van der Waals surface area (Å²) in [6.07, 6.45) is 1.82. The highest BCUT2D eigenvalue weighted by Gasteiger charge is 2.31. The monoisotopic (exact) mass is 463 g/mol. The molecule has 0 radical (unpaired) electrons. The van der Waals surface area contributed by atoms with Crippen molar-refractivity contribution in [3.05, 3.63) is 63.4 Å². The van der Waals surface area contributed by atoms with Gasteiger partial charge in [-0.3, -0.25) is 9.69 Å². The van der Waals surface area contributed by atoms with Crippen molar-refractivity contribution in [2.75, 3.05) is 44.2 Å². The van der Waals surface area contributed by atoms with Crippen LogP contribution in [0.2, 0.25) is 10.0 Å². The van der Waals surface area contributed by atoms with Crippen molar-refractivity contribution in [3.63, 3.8) is 0 Å². The van der Waals surface area contributed by atoms with Crippen LogP contribution in [0.3, 0.4) is 0 Å². The van der Waals surface area contributed by atoms with Crippen LogP contribution < -0.4 is 4.90 Å². The molecule has 1 unspecified atom stereocenters. The molecule has 7 heteroatoms. The molecule has 0 saturated carbocycles. The Kier molecular flexibility index (Phi) is 7.05. The Bertz CT molecular complexity index is 926. The van der Waals surface area contributed by atoms with Gasteiger partial charge >= 0.3 is 0 Å². The maximum Gasteiger partial charge on any atom is 0.227 e. The Balaban J connectivity index is 1.35. The number of aryl methyl sites for hydroxylation is 1. The van der Waals surface area contributed by atoms with Gasteiger partial charge in [-0.15, -0.1) is 0 Å². The predicted octanol–water partition coefficient (Wildman–Crippen LogP) is 5.00. The maximum atomic E-state index is 14.2. The Hall–Kier alpha value is -1.82. The number of piperidine rings is 1. The Morgan fingerprint density at radius 3 is 2.61 bits per heavy atom. The molecule has 1 atom stereocenters. The van der Waals surface area contributed by atoms with E-state index in [4.69, 9.17) is 23.2 Å². The minimum Gasteiger partial charge on any atom is -0.368 e. The zero-order chi connectivity index (χ0) is 22.0. The second-order valence-electron chi connectivity index (χ2n) is 8.52. The predicted molar refractivity (Wildman–Crippen MR) is 124 cm³/mol. The van der Waals surface area contributed by atoms with E-state index in [0.29, 0.717) is 36.8 Å². The molecule has 0 aromatic heterocycles. The summed E-state index contributed by atoms with van der Waals surface area (Å²) >= 11 is 12.4. The number of nitrogens with zero attached hydrogens (tertiary/aromatic N) is 3. The van der Waals surface area contributed by atoms with Gasteiger partial charge in [-0.2, -0.15) is 0 Å². The highest BCUT2D eigenvalue weighted by atomic mass is 35.5. The molecule has 4 rings (SSSR count). The number of piperazine rings is 1. The van der Waals surface area contributed by atoms with E-state index in [1.54, 1.807) is 12.1 Å². The molecule has 2 fully saturated rings. The van der Waals surface area contributed by atoms with Gasteiger partial charge in [0.25, 0.3) is 0 Å². The quantitative estimate of drug-likeness (QED) is 0.637. The average molecular weight is 464 g/mol. The topological polar surface area (TPSA) is 26.8 Å². The molecular weight excluding hydrogens is 436 g/mol. The van der Waals surface area contributed by atoms with Crippen molar-refractivity contribution < 1.29 is 9.18 Å². The third-order valence-corrected chi connectivity index (χ3v) is 6.99. The lowest BCUT2D eigenvalue weighted by Crippen LogP contribution is -2.52. The fourth-order valence-corrected chi connectivity index (χ4v) is 5.05. The molecule has 31 heavy (non-hydrogen) atoms. The lowest BCUT2D eigenvalue weighted by atomic mass is 9.95. The number of amides is 1. The van der Waals surface area contributed by atoms with Crippen molar-refractivity contribution >= 4 is 34.8 Å². The number of carbonyl (C=O) groups excluding carboxylic acids is 1. The van der Waals surface area contributed by atoms with Crippen LogP contribution in [0.1, 0.15) is 24.0 Å². The molecule has 2 aliphatic heterocycles. The first-order valence-corrected chi connectivity index (χ1v) is 11.6. The number of likely N-dealkylation sites (tertiary alicyclic amines) is 1. The molecule has 0 aliphatic carbocycles. The summed E-state index contributed by atoms with van der Waals surface area (Å²) in [4.78, 5) is 19.7. The van der Waals surface area contributed by atoms with E-state index in [0.717, 1.165) is 43.2 Å². The van der Waals surface area contributed by atoms with E-state index in [-0.39, 0.29) is 17.6 Å². The Morgan fingerprint density at radius 2 is 1.87 bits per heavy atom. The van der Waals surface area contributed by atoms with Crippen LogP contribution >= 0.6 is 23.2 Å². The van der Waals surface area contributed by atoms with Crippen molar-refractivity contribution in [3.8, 4) is 0 Å². The van der Waals surface area contributed by atoms with E-state index < -0.39 is 0 Å². The molecule has 2 aromatic carbocycles. The zero-order valence-corrected chi connectivity index (χ0v) is 19.3. The van der Waals surface area contributed by atoms with Crippen molar-refractivity contribution in [2.45, 2.75) is 26.3 Å². The van der Waals surface area contributed by atoms with Crippen LogP contribution in [0.25, 0.3) is 0 Å². The SMILES string of the molecule is Cc1ccc(Cl)cc1N1CCN(C(=O)C2CCCN(Cc3c(F)cccc3Cl)C2)CC1. The maximum absolute atomic E-state index is 14.2. The summed E-state index contributed by atoms with van der Waals surface area (Å²) < 4.78 is 14.2. The zero-order valence-electron chi connectivity index (χ0n) is 17.8. The number of hydrogen-bond acceptors (Lipinski definition) is 3. The third-order valence-electron chi connectivity index (χ3n) is 6.40. The Labute approximate surface area is 193 Å². The number of halogens is 3. The summed E-state index contributed by atoms with van der Waals surface area (Å²) in [6, 6.07) is 10.7. The van der Waals surface area contributed by atoms with E-state index in [2.05, 4.69) is 16.7 Å². The summed E-state index contributed by atoms with van der Waals surface area (Å²) in [6.45, 7) is 7.05. The molecule has 2 heterocycles. The third kappa shape index (κ3) is 5.16. The number of anilines is 1. The summed E-state index contributed by atoms with van der Waals surface area (Å²) in [5.74, 6) is -0.112. The van der Waals surface area contributed by atoms with Gasteiger partial charge in [0, 0.05) is 60.6 Å². The van der Waals surface area contributed by atoms with Gasteiger partial charge in [-0.25, -0.2) is 4.39 Å². The average Bonchev–Trinajstić information content (AvgIpc) is 2.78. The molecule has 0 bridgehead atoms. The van der Waals surface area contributed by atoms with Crippen LogP contribution in [0.15, 0.2) is 36.4 Å². The smallest absolute Gasteiger partial charge is 0.227 e. The molecule has 2 aromatic rings. The minimum absolute atomic E-state index is 0.0428. The minimum atomic E-state index is -0.284. The van der Waals surface area contributed by atoms with Crippen molar-refractivity contribution in [2.24, 2.45) is 5.92 Å². The standard InChI is InChI=1S/C24H28Cl2FN3O/c1-17-7-8-19(25)14-23(17)29-10-12-30(13-11-29)24(31)18-4-3-9-28(15-18)16-20-21(26)5-2-6-22(20)27/h2,5-8,14,18H,3-4,9-13,15-16H2,1H3. The first-order valence-electron chi connectivity index (χ1n) is 10.9. The van der Waals surface area contributed by atoms with Crippen molar-refractivity contribution in [1.29, 1.82) is 0 Å². The molecule has 166 valence electrons. The fraction of sp³-hybridized carbons (Fsp3) is 0.458. The highest BCUT2D eigenvalue weighted by Crippen LogP contribution is 2.28. The summed E-state index contributed by atoms with van der Waals surface area (Å²) in [5.41, 5.74) is 2.85. The number of benzene rings is 2. The molecule has 0 N–H and O–H groups in total. The van der Waals surface area contributed by atoms with E-state index in [9.17, 15) is 9.18 Å². The normalized spacial score (nSPS) is 20.2. The van der Waals surface area contributed by atoms with Crippen LogP contribution in [0, 0.1) is 18.7 Å². The van der Waals surface area contributed by atoms with Crippen LogP contribution in [-0.2, 0) is 11.3 Å². The second kappa shape index (κ2) is 9.76. The van der Waals surface area contributed by atoms with Gasteiger partial charge in [0.1, 0.15) is 5.82 Å². The molecule has 0 spiro atoms. The van der Waals surface area contributed by atoms with Gasteiger partial charge in [-0.05, 0) is 56.1 Å². The highest BCUT2D eigenvalue weighted by molar-refractivity contribution is 6.31. The number of carbonyl (C=O) groups is 1. The number of rotatable bonds is 4. The Morgan fingerprint density at radius 1 is 1.10 bits per heavy atom. The van der Waals surface area contributed by atoms with Crippen LogP contribution in [0.5, 0.6) is 0 Å². The van der Waals surface area contributed by atoms with Gasteiger partial charge in [-0.1, -0.05) is 35.3 Å². The van der Waals surface area contributed by atoms with E-state index in [1.807, 2.05) is 23.1 Å². The van der Waals surface area contributed by atoms with Crippen LogP contribution in [-0.4, -0.2) is 55.0 Å². The van der Waals surface area contributed by atoms with E-state index in [1.165, 1.54) is 11.6 Å². The van der Waals surface area contributed by atoms with Gasteiger partial charge < -0.3 is 9.80 Å². The van der Waals surface area contributed by atoms with Gasteiger partial charge in [0.15, 0.2) is 0 Å². The van der Waals surface area contributed by atoms with Gasteiger partial charge in [0.05, 0.1) is 5.92 Å². The molecule has 2 saturated heterocycles. The number of hydrogen-bond donors (Lipinski definition) is 0. The molecular formula is C24H28Cl2FN3O. The molecule has 2 aliphatic rings. The molecule has 1 amide bonds. The van der Waals surface area contributed by atoms with E-state index >= 15 is 0 Å². The second-order valence-corrected chi connectivity index (χ2v) is 9.36. The summed E-state index contributed by atoms with van der Waals surface area (Å²) in [5, 5.41) is 1.18.